The van der Waals surface area contributed by atoms with E-state index in [0.29, 0.717) is 5.82 Å². The third-order valence-electron chi connectivity index (χ3n) is 4.37. The van der Waals surface area contributed by atoms with Gasteiger partial charge in [-0.05, 0) is 51.0 Å². The number of aromatic hydroxyl groups is 1. The molecular weight excluding hydrogens is 304 g/mol. The highest BCUT2D eigenvalue weighted by atomic mass is 16.5. The van der Waals surface area contributed by atoms with E-state index in [9.17, 15) is 9.90 Å². The number of nitrogens with zero attached hydrogens (tertiary/aromatic N) is 2. The standard InChI is InChI=1S/C19H24N2O3/c1-13(2)24-16-10-8-15(9-11-16)21-18(23)12-17(22)20-19(21)14-6-4-3-5-7-14/h8-14,22H,3-7H2,1-2H3. The summed E-state index contributed by atoms with van der Waals surface area (Å²) >= 11 is 0. The summed E-state index contributed by atoms with van der Waals surface area (Å²) in [6, 6.07) is 8.62. The molecular formula is C19H24N2O3. The van der Waals surface area contributed by atoms with Gasteiger partial charge in [0.05, 0.1) is 17.9 Å². The summed E-state index contributed by atoms with van der Waals surface area (Å²) in [5.74, 6) is 1.45. The topological polar surface area (TPSA) is 64.3 Å². The van der Waals surface area contributed by atoms with E-state index >= 15 is 0 Å². The van der Waals surface area contributed by atoms with Crippen LogP contribution < -0.4 is 10.3 Å². The average molecular weight is 328 g/mol. The molecule has 2 aromatic rings. The van der Waals surface area contributed by atoms with Crippen molar-refractivity contribution in [2.45, 2.75) is 58.0 Å². The number of benzene rings is 1. The molecule has 0 amide bonds. The van der Waals surface area contributed by atoms with Crippen molar-refractivity contribution in [3.8, 4) is 17.3 Å². The Labute approximate surface area is 141 Å². The maximum absolute atomic E-state index is 12.5. The van der Waals surface area contributed by atoms with E-state index in [0.717, 1.165) is 37.1 Å². The van der Waals surface area contributed by atoms with Crippen molar-refractivity contribution in [1.82, 2.24) is 9.55 Å². The van der Waals surface area contributed by atoms with Crippen LogP contribution >= 0.6 is 0 Å². The summed E-state index contributed by atoms with van der Waals surface area (Å²) in [5.41, 5.74) is 0.504. The molecule has 1 saturated carbocycles. The van der Waals surface area contributed by atoms with E-state index in [1.807, 2.05) is 38.1 Å². The van der Waals surface area contributed by atoms with Gasteiger partial charge in [0.1, 0.15) is 11.6 Å². The zero-order chi connectivity index (χ0) is 17.1. The molecule has 1 aliphatic carbocycles. The predicted octanol–water partition coefficient (Wildman–Crippen LogP) is 3.77. The van der Waals surface area contributed by atoms with Crippen LogP contribution in [0.3, 0.4) is 0 Å². The van der Waals surface area contributed by atoms with Crippen LogP contribution in [-0.4, -0.2) is 20.8 Å². The average Bonchev–Trinajstić information content (AvgIpc) is 2.55. The molecule has 24 heavy (non-hydrogen) atoms. The molecule has 0 spiro atoms. The van der Waals surface area contributed by atoms with Crippen LogP contribution in [0.2, 0.25) is 0 Å². The minimum Gasteiger partial charge on any atom is -0.493 e. The van der Waals surface area contributed by atoms with E-state index in [4.69, 9.17) is 4.74 Å². The molecule has 5 heteroatoms. The molecule has 0 saturated heterocycles. The van der Waals surface area contributed by atoms with E-state index in [-0.39, 0.29) is 23.5 Å². The van der Waals surface area contributed by atoms with Gasteiger partial charge in [0.25, 0.3) is 5.56 Å². The highest BCUT2D eigenvalue weighted by molar-refractivity contribution is 5.39. The first-order valence-electron chi connectivity index (χ1n) is 8.64. The van der Waals surface area contributed by atoms with Crippen LogP contribution in [0.15, 0.2) is 35.1 Å². The van der Waals surface area contributed by atoms with Crippen molar-refractivity contribution in [1.29, 1.82) is 0 Å². The molecule has 0 aliphatic heterocycles. The Balaban J connectivity index is 2.01. The molecule has 3 rings (SSSR count). The first kappa shape index (κ1) is 16.6. The minimum atomic E-state index is -0.249. The molecule has 1 heterocycles. The minimum absolute atomic E-state index is 0.103. The van der Waals surface area contributed by atoms with E-state index < -0.39 is 0 Å². The van der Waals surface area contributed by atoms with Crippen LogP contribution in [0, 0.1) is 0 Å². The second-order valence-electron chi connectivity index (χ2n) is 6.64. The summed E-state index contributed by atoms with van der Waals surface area (Å²) in [6.45, 7) is 3.95. The van der Waals surface area contributed by atoms with Gasteiger partial charge in [0.2, 0.25) is 5.88 Å². The van der Waals surface area contributed by atoms with Gasteiger partial charge in [0.15, 0.2) is 0 Å². The predicted molar refractivity (Wildman–Crippen MR) is 93.1 cm³/mol. The van der Waals surface area contributed by atoms with Gasteiger partial charge in [-0.15, -0.1) is 0 Å². The Morgan fingerprint density at radius 1 is 1.17 bits per heavy atom. The smallest absolute Gasteiger partial charge is 0.261 e. The van der Waals surface area contributed by atoms with Gasteiger partial charge in [0, 0.05) is 5.92 Å². The molecule has 128 valence electrons. The fourth-order valence-corrected chi connectivity index (χ4v) is 3.33. The van der Waals surface area contributed by atoms with Gasteiger partial charge in [-0.3, -0.25) is 9.36 Å². The highest BCUT2D eigenvalue weighted by Gasteiger charge is 2.22. The van der Waals surface area contributed by atoms with E-state index in [1.54, 1.807) is 4.57 Å². The summed E-state index contributed by atoms with van der Waals surface area (Å²) in [4.78, 5) is 16.8. The molecule has 0 bridgehead atoms. The largest absolute Gasteiger partial charge is 0.493 e. The lowest BCUT2D eigenvalue weighted by Gasteiger charge is -2.24. The van der Waals surface area contributed by atoms with Crippen molar-refractivity contribution in [2.75, 3.05) is 0 Å². The number of rotatable bonds is 4. The van der Waals surface area contributed by atoms with Crippen LogP contribution in [0.25, 0.3) is 5.69 Å². The molecule has 1 aromatic heterocycles. The molecule has 1 N–H and O–H groups in total. The molecule has 1 aliphatic rings. The van der Waals surface area contributed by atoms with Crippen molar-refractivity contribution < 1.29 is 9.84 Å². The van der Waals surface area contributed by atoms with Crippen molar-refractivity contribution >= 4 is 0 Å². The van der Waals surface area contributed by atoms with Gasteiger partial charge in [-0.1, -0.05) is 19.3 Å². The lowest BCUT2D eigenvalue weighted by Crippen LogP contribution is -2.25. The summed E-state index contributed by atoms with van der Waals surface area (Å²) in [7, 11) is 0. The van der Waals surface area contributed by atoms with Crippen LogP contribution in [-0.2, 0) is 0 Å². The monoisotopic (exact) mass is 328 g/mol. The van der Waals surface area contributed by atoms with Gasteiger partial charge >= 0.3 is 0 Å². The second-order valence-corrected chi connectivity index (χ2v) is 6.64. The fraction of sp³-hybridized carbons (Fsp3) is 0.474. The Hall–Kier alpha value is -2.30. The van der Waals surface area contributed by atoms with E-state index in [1.165, 1.54) is 12.5 Å². The molecule has 0 atom stereocenters. The summed E-state index contributed by atoms with van der Waals surface area (Å²) in [6.07, 6.45) is 5.61. The lowest BCUT2D eigenvalue weighted by atomic mass is 9.88. The van der Waals surface area contributed by atoms with Crippen molar-refractivity contribution in [2.24, 2.45) is 0 Å². The van der Waals surface area contributed by atoms with Gasteiger partial charge in [-0.2, -0.15) is 4.98 Å². The zero-order valence-corrected chi connectivity index (χ0v) is 14.2. The number of hydrogen-bond donors (Lipinski definition) is 1. The molecule has 0 radical (unpaired) electrons. The quantitative estimate of drug-likeness (QED) is 0.928. The Morgan fingerprint density at radius 2 is 1.83 bits per heavy atom. The molecule has 1 aromatic carbocycles. The summed E-state index contributed by atoms with van der Waals surface area (Å²) < 4.78 is 7.28. The Kier molecular flexibility index (Phi) is 4.88. The van der Waals surface area contributed by atoms with Crippen LogP contribution in [0.1, 0.15) is 57.7 Å². The first-order chi connectivity index (χ1) is 11.5. The van der Waals surface area contributed by atoms with Crippen molar-refractivity contribution in [3.63, 3.8) is 0 Å². The zero-order valence-electron chi connectivity index (χ0n) is 14.2. The fourth-order valence-electron chi connectivity index (χ4n) is 3.33. The normalized spacial score (nSPS) is 15.6. The number of aromatic nitrogens is 2. The Bertz CT molecular complexity index is 744. The second kappa shape index (κ2) is 7.07. The third kappa shape index (κ3) is 3.61. The Morgan fingerprint density at radius 3 is 2.46 bits per heavy atom. The number of ether oxygens (including phenoxy) is 1. The van der Waals surface area contributed by atoms with Crippen LogP contribution in [0.4, 0.5) is 0 Å². The van der Waals surface area contributed by atoms with Gasteiger partial charge < -0.3 is 9.84 Å². The number of hydrogen-bond acceptors (Lipinski definition) is 4. The van der Waals surface area contributed by atoms with E-state index in [2.05, 4.69) is 4.98 Å². The van der Waals surface area contributed by atoms with Crippen LogP contribution in [0.5, 0.6) is 11.6 Å². The first-order valence-corrected chi connectivity index (χ1v) is 8.64. The molecule has 5 nitrogen and oxygen atoms in total. The maximum Gasteiger partial charge on any atom is 0.261 e. The van der Waals surface area contributed by atoms with Crippen molar-refractivity contribution in [3.05, 3.63) is 46.5 Å². The third-order valence-corrected chi connectivity index (χ3v) is 4.37. The lowest BCUT2D eigenvalue weighted by molar-refractivity contribution is 0.242. The maximum atomic E-state index is 12.5. The van der Waals surface area contributed by atoms with Gasteiger partial charge in [-0.25, -0.2) is 0 Å². The molecule has 1 fully saturated rings. The summed E-state index contributed by atoms with van der Waals surface area (Å²) in [5, 5.41) is 9.79. The highest BCUT2D eigenvalue weighted by Crippen LogP contribution is 2.32. The molecule has 0 unspecified atom stereocenters. The SMILES string of the molecule is CC(C)Oc1ccc(-n2c(C3CCCCC3)nc(O)cc2=O)cc1.